The molecule has 1 aromatic rings. The van der Waals surface area contributed by atoms with Gasteiger partial charge >= 0.3 is 0 Å². The predicted molar refractivity (Wildman–Crippen MR) is 68.3 cm³/mol. The minimum atomic E-state index is -0.0751. The van der Waals surface area contributed by atoms with Crippen LogP contribution >= 0.6 is 0 Å². The molecule has 1 saturated carbocycles. The van der Waals surface area contributed by atoms with E-state index in [1.807, 2.05) is 13.0 Å². The third kappa shape index (κ3) is 2.72. The number of rotatable bonds is 6. The van der Waals surface area contributed by atoms with Crippen molar-refractivity contribution in [2.75, 3.05) is 13.2 Å². The Kier molecular flexibility index (Phi) is 3.71. The highest BCUT2D eigenvalue weighted by Crippen LogP contribution is 2.47. The fourth-order valence-electron chi connectivity index (χ4n) is 2.20. The van der Waals surface area contributed by atoms with E-state index >= 15 is 0 Å². The highest BCUT2D eigenvalue weighted by atomic mass is 16.3. The summed E-state index contributed by atoms with van der Waals surface area (Å²) in [5, 5.41) is 16.2. The number of nitrogens with one attached hydrogen (secondary N) is 1. The molecule has 5 heteroatoms. The number of nitrogens with zero attached hydrogens (tertiary/aromatic N) is 2. The van der Waals surface area contributed by atoms with Gasteiger partial charge in [0.2, 0.25) is 0 Å². The lowest BCUT2D eigenvalue weighted by Gasteiger charge is -2.14. The lowest BCUT2D eigenvalue weighted by molar-refractivity contribution is 0.0931. The number of aliphatic hydroxyl groups is 1. The molecule has 0 aromatic carbocycles. The van der Waals surface area contributed by atoms with Crippen molar-refractivity contribution in [3.05, 3.63) is 17.5 Å². The first kappa shape index (κ1) is 13.1. The largest absolute Gasteiger partial charge is 0.396 e. The summed E-state index contributed by atoms with van der Waals surface area (Å²) in [6.07, 6.45) is 3.80. The zero-order valence-corrected chi connectivity index (χ0v) is 11.1. The van der Waals surface area contributed by atoms with E-state index in [-0.39, 0.29) is 17.9 Å². The van der Waals surface area contributed by atoms with Crippen LogP contribution in [0.15, 0.2) is 6.07 Å². The van der Waals surface area contributed by atoms with Crippen LogP contribution in [0.2, 0.25) is 0 Å². The second-order valence-electron chi connectivity index (χ2n) is 5.15. The van der Waals surface area contributed by atoms with E-state index in [1.165, 1.54) is 0 Å². The SMILES string of the molecule is CCc1cc(C(=O)NCC2(CCO)CC2)n(C)n1. The molecule has 1 heterocycles. The molecule has 1 fully saturated rings. The topological polar surface area (TPSA) is 67.2 Å². The molecule has 0 aliphatic heterocycles. The average molecular weight is 251 g/mol. The summed E-state index contributed by atoms with van der Waals surface area (Å²) in [6.45, 7) is 2.87. The van der Waals surface area contributed by atoms with Crippen LogP contribution in [0.3, 0.4) is 0 Å². The molecular formula is C13H21N3O2. The molecule has 100 valence electrons. The number of aromatic nitrogens is 2. The van der Waals surface area contributed by atoms with Gasteiger partial charge in [-0.15, -0.1) is 0 Å². The van der Waals surface area contributed by atoms with E-state index in [0.717, 1.165) is 31.4 Å². The third-order valence-corrected chi connectivity index (χ3v) is 3.75. The van der Waals surface area contributed by atoms with Crippen LogP contribution in [0.5, 0.6) is 0 Å². The van der Waals surface area contributed by atoms with Gasteiger partial charge in [0.05, 0.1) is 5.69 Å². The first-order valence-corrected chi connectivity index (χ1v) is 6.52. The van der Waals surface area contributed by atoms with E-state index in [9.17, 15) is 4.79 Å². The van der Waals surface area contributed by atoms with Crippen LogP contribution in [0.25, 0.3) is 0 Å². The lowest BCUT2D eigenvalue weighted by atomic mass is 10.0. The molecular weight excluding hydrogens is 230 g/mol. The van der Waals surface area contributed by atoms with Gasteiger partial charge in [-0.2, -0.15) is 5.10 Å². The van der Waals surface area contributed by atoms with Gasteiger partial charge in [-0.05, 0) is 37.2 Å². The molecule has 1 amide bonds. The Labute approximate surface area is 107 Å². The molecule has 2 rings (SSSR count). The molecule has 0 unspecified atom stereocenters. The van der Waals surface area contributed by atoms with Crippen molar-refractivity contribution in [3.63, 3.8) is 0 Å². The van der Waals surface area contributed by atoms with Crippen LogP contribution < -0.4 is 5.32 Å². The van der Waals surface area contributed by atoms with Crippen molar-refractivity contribution < 1.29 is 9.90 Å². The van der Waals surface area contributed by atoms with Gasteiger partial charge in [0.25, 0.3) is 5.91 Å². The van der Waals surface area contributed by atoms with Crippen molar-refractivity contribution in [2.24, 2.45) is 12.5 Å². The van der Waals surface area contributed by atoms with E-state index < -0.39 is 0 Å². The van der Waals surface area contributed by atoms with Gasteiger partial charge in [-0.1, -0.05) is 6.92 Å². The minimum Gasteiger partial charge on any atom is -0.396 e. The second-order valence-corrected chi connectivity index (χ2v) is 5.15. The fraction of sp³-hybridized carbons (Fsp3) is 0.692. The van der Waals surface area contributed by atoms with Gasteiger partial charge in [0.15, 0.2) is 0 Å². The highest BCUT2D eigenvalue weighted by molar-refractivity contribution is 5.92. The van der Waals surface area contributed by atoms with Crippen LogP contribution in [-0.2, 0) is 13.5 Å². The number of amides is 1. The number of carbonyl (C=O) groups excluding carboxylic acids is 1. The predicted octanol–water partition coefficient (Wildman–Crippen LogP) is 0.875. The molecule has 0 spiro atoms. The standard InChI is InChI=1S/C13H21N3O2/c1-3-10-8-11(16(2)15-10)12(18)14-9-13(4-5-13)6-7-17/h8,17H,3-7,9H2,1-2H3,(H,14,18). The average Bonchev–Trinajstić information content (AvgIpc) is 3.01. The maximum absolute atomic E-state index is 12.0. The summed E-state index contributed by atoms with van der Waals surface area (Å²) in [5.41, 5.74) is 1.68. The van der Waals surface area contributed by atoms with Crippen LogP contribution in [-0.4, -0.2) is 33.9 Å². The Bertz CT molecular complexity index is 435. The van der Waals surface area contributed by atoms with Crippen LogP contribution in [0, 0.1) is 5.41 Å². The van der Waals surface area contributed by atoms with Gasteiger partial charge in [0.1, 0.15) is 5.69 Å². The number of aliphatic hydroxyl groups excluding tert-OH is 1. The van der Waals surface area contributed by atoms with Crippen molar-refractivity contribution in [3.8, 4) is 0 Å². The normalized spacial score (nSPS) is 16.6. The van der Waals surface area contributed by atoms with Crippen LogP contribution in [0.1, 0.15) is 42.4 Å². The lowest BCUT2D eigenvalue weighted by Crippen LogP contribution is -2.31. The molecule has 0 radical (unpaired) electrons. The summed E-state index contributed by atoms with van der Waals surface area (Å²) >= 11 is 0. The summed E-state index contributed by atoms with van der Waals surface area (Å²) in [5.74, 6) is -0.0751. The Morgan fingerprint density at radius 1 is 1.61 bits per heavy atom. The maximum Gasteiger partial charge on any atom is 0.269 e. The monoisotopic (exact) mass is 251 g/mol. The van der Waals surface area contributed by atoms with Crippen molar-refractivity contribution in [2.45, 2.75) is 32.6 Å². The molecule has 18 heavy (non-hydrogen) atoms. The molecule has 1 aliphatic rings. The molecule has 0 saturated heterocycles. The first-order valence-electron chi connectivity index (χ1n) is 6.52. The van der Waals surface area contributed by atoms with Crippen molar-refractivity contribution in [1.29, 1.82) is 0 Å². The highest BCUT2D eigenvalue weighted by Gasteiger charge is 2.42. The maximum atomic E-state index is 12.0. The van der Waals surface area contributed by atoms with Gasteiger partial charge in [-0.3, -0.25) is 9.48 Å². The van der Waals surface area contributed by atoms with Crippen molar-refractivity contribution in [1.82, 2.24) is 15.1 Å². The molecule has 0 bridgehead atoms. The van der Waals surface area contributed by atoms with Crippen LogP contribution in [0.4, 0.5) is 0 Å². The molecule has 1 aliphatic carbocycles. The molecule has 2 N–H and O–H groups in total. The van der Waals surface area contributed by atoms with Gasteiger partial charge in [0, 0.05) is 20.2 Å². The van der Waals surface area contributed by atoms with E-state index in [2.05, 4.69) is 10.4 Å². The number of hydrogen-bond donors (Lipinski definition) is 2. The minimum absolute atomic E-state index is 0.0751. The molecule has 0 atom stereocenters. The Hall–Kier alpha value is -1.36. The van der Waals surface area contributed by atoms with E-state index in [0.29, 0.717) is 12.2 Å². The summed E-state index contributed by atoms with van der Waals surface area (Å²) in [7, 11) is 1.79. The Morgan fingerprint density at radius 3 is 2.83 bits per heavy atom. The van der Waals surface area contributed by atoms with E-state index in [1.54, 1.807) is 11.7 Å². The quantitative estimate of drug-likeness (QED) is 0.788. The second kappa shape index (κ2) is 5.10. The summed E-state index contributed by atoms with van der Waals surface area (Å²) < 4.78 is 1.62. The smallest absolute Gasteiger partial charge is 0.269 e. The third-order valence-electron chi connectivity index (χ3n) is 3.75. The van der Waals surface area contributed by atoms with Gasteiger partial charge < -0.3 is 10.4 Å². The fourth-order valence-corrected chi connectivity index (χ4v) is 2.20. The first-order chi connectivity index (χ1) is 8.60. The van der Waals surface area contributed by atoms with Gasteiger partial charge in [-0.25, -0.2) is 0 Å². The van der Waals surface area contributed by atoms with E-state index in [4.69, 9.17) is 5.11 Å². The summed E-state index contributed by atoms with van der Waals surface area (Å²) in [6, 6.07) is 1.83. The molecule has 5 nitrogen and oxygen atoms in total. The zero-order chi connectivity index (χ0) is 13.2. The Balaban J connectivity index is 1.93. The number of aryl methyl sites for hydroxylation is 2. The number of carbonyl (C=O) groups is 1. The molecule has 1 aromatic heterocycles. The zero-order valence-electron chi connectivity index (χ0n) is 11.1. The Morgan fingerprint density at radius 2 is 2.33 bits per heavy atom. The number of hydrogen-bond acceptors (Lipinski definition) is 3. The van der Waals surface area contributed by atoms with Crippen molar-refractivity contribution >= 4 is 5.91 Å². The summed E-state index contributed by atoms with van der Waals surface area (Å²) in [4.78, 5) is 12.0.